The van der Waals surface area contributed by atoms with E-state index in [1.54, 1.807) is 66.9 Å². The highest BCUT2D eigenvalue weighted by Crippen LogP contribution is 2.25. The summed E-state index contributed by atoms with van der Waals surface area (Å²) in [6.07, 6.45) is 0.969. The Morgan fingerprint density at radius 3 is 2.31 bits per heavy atom. The fraction of sp³-hybridized carbons (Fsp3) is 0.0952. The summed E-state index contributed by atoms with van der Waals surface area (Å²) in [5.74, 6) is -0.517. The van der Waals surface area contributed by atoms with Gasteiger partial charge in [0.1, 0.15) is 11.8 Å². The van der Waals surface area contributed by atoms with Gasteiger partial charge in [0.2, 0.25) is 5.91 Å². The van der Waals surface area contributed by atoms with E-state index in [1.165, 1.54) is 4.90 Å². The molecule has 7 nitrogen and oxygen atoms in total. The van der Waals surface area contributed by atoms with Crippen molar-refractivity contribution < 1.29 is 14.3 Å². The van der Waals surface area contributed by atoms with Crippen LogP contribution in [0.25, 0.3) is 0 Å². The number of amides is 2. The number of rotatable bonds is 6. The van der Waals surface area contributed by atoms with Crippen LogP contribution in [-0.2, 0) is 17.9 Å². The van der Waals surface area contributed by atoms with Crippen LogP contribution in [0.1, 0.15) is 21.5 Å². The zero-order valence-electron chi connectivity index (χ0n) is 15.4. The summed E-state index contributed by atoms with van der Waals surface area (Å²) in [5, 5.41) is 0.359. The molecular weight excluding hydrogens is 392 g/mol. The predicted molar refractivity (Wildman–Crippen MR) is 111 cm³/mol. The van der Waals surface area contributed by atoms with E-state index in [0.29, 0.717) is 27.7 Å². The van der Waals surface area contributed by atoms with Gasteiger partial charge in [0, 0.05) is 17.3 Å². The highest BCUT2D eigenvalue weighted by atomic mass is 35.5. The standard InChI is InChI=1S/C21H19ClN4O3/c22-19-10-7-15(11-25-19)13-29-21(28)26(18-4-2-1-3-17(18)23)12-14-5-8-16(9-6-14)20(24)27/h1-11H,12-13,23H2,(H2,24,27). The molecule has 0 aliphatic carbocycles. The number of halogens is 1. The molecule has 3 aromatic rings. The molecule has 0 saturated carbocycles. The summed E-state index contributed by atoms with van der Waals surface area (Å²) >= 11 is 5.77. The number of hydrogen-bond donors (Lipinski definition) is 2. The lowest BCUT2D eigenvalue weighted by Gasteiger charge is -2.24. The summed E-state index contributed by atoms with van der Waals surface area (Å²) in [5.41, 5.74) is 14.2. The first kappa shape index (κ1) is 20.2. The predicted octanol–water partition coefficient (Wildman–Crippen LogP) is 3.76. The van der Waals surface area contributed by atoms with Crippen LogP contribution >= 0.6 is 11.6 Å². The number of carbonyl (C=O) groups excluding carboxylic acids is 2. The maximum Gasteiger partial charge on any atom is 0.415 e. The molecule has 148 valence electrons. The lowest BCUT2D eigenvalue weighted by molar-refractivity contribution is 0.1000. The molecule has 2 amide bonds. The number of nitrogens with zero attached hydrogens (tertiary/aromatic N) is 2. The zero-order valence-corrected chi connectivity index (χ0v) is 16.2. The van der Waals surface area contributed by atoms with Crippen molar-refractivity contribution in [3.8, 4) is 0 Å². The van der Waals surface area contributed by atoms with E-state index >= 15 is 0 Å². The van der Waals surface area contributed by atoms with Gasteiger partial charge in [-0.15, -0.1) is 0 Å². The van der Waals surface area contributed by atoms with Crippen LogP contribution in [0.4, 0.5) is 16.2 Å². The Labute approximate surface area is 172 Å². The summed E-state index contributed by atoms with van der Waals surface area (Å²) in [4.78, 5) is 29.5. The molecule has 0 fully saturated rings. The number of primary amides is 1. The van der Waals surface area contributed by atoms with E-state index in [1.807, 2.05) is 0 Å². The van der Waals surface area contributed by atoms with E-state index in [4.69, 9.17) is 27.8 Å². The normalized spacial score (nSPS) is 10.4. The number of para-hydroxylation sites is 2. The lowest BCUT2D eigenvalue weighted by atomic mass is 10.1. The molecule has 1 aromatic heterocycles. The molecule has 0 aliphatic heterocycles. The molecule has 2 aromatic carbocycles. The van der Waals surface area contributed by atoms with Crippen LogP contribution in [0, 0.1) is 0 Å². The van der Waals surface area contributed by atoms with Crippen LogP contribution in [-0.4, -0.2) is 17.0 Å². The molecule has 0 unspecified atom stereocenters. The minimum atomic E-state index is -0.572. The van der Waals surface area contributed by atoms with Crippen LogP contribution in [0.3, 0.4) is 0 Å². The average Bonchev–Trinajstić information content (AvgIpc) is 2.72. The number of nitrogen functional groups attached to an aromatic ring is 1. The van der Waals surface area contributed by atoms with Gasteiger partial charge >= 0.3 is 6.09 Å². The van der Waals surface area contributed by atoms with E-state index in [9.17, 15) is 9.59 Å². The van der Waals surface area contributed by atoms with Crippen LogP contribution in [0.5, 0.6) is 0 Å². The molecule has 3 rings (SSSR count). The first-order valence-electron chi connectivity index (χ1n) is 8.72. The molecular formula is C21H19ClN4O3. The van der Waals surface area contributed by atoms with Gasteiger partial charge in [-0.05, 0) is 35.9 Å². The lowest BCUT2D eigenvalue weighted by Crippen LogP contribution is -2.31. The Balaban J connectivity index is 1.80. The van der Waals surface area contributed by atoms with Crippen molar-refractivity contribution in [3.05, 3.63) is 88.7 Å². The fourth-order valence-corrected chi connectivity index (χ4v) is 2.77. The molecule has 0 radical (unpaired) electrons. The second-order valence-corrected chi connectivity index (χ2v) is 6.64. The quantitative estimate of drug-likeness (QED) is 0.474. The summed E-state index contributed by atoms with van der Waals surface area (Å²) < 4.78 is 5.45. The molecule has 0 atom stereocenters. The largest absolute Gasteiger partial charge is 0.444 e. The summed E-state index contributed by atoms with van der Waals surface area (Å²) in [6.45, 7) is 0.234. The third-order valence-corrected chi connectivity index (χ3v) is 4.40. The van der Waals surface area contributed by atoms with Crippen molar-refractivity contribution in [1.29, 1.82) is 0 Å². The van der Waals surface area contributed by atoms with Gasteiger partial charge in [0.05, 0.1) is 17.9 Å². The Kier molecular flexibility index (Phi) is 6.31. The van der Waals surface area contributed by atoms with Gasteiger partial charge in [0.15, 0.2) is 0 Å². The van der Waals surface area contributed by atoms with Gasteiger partial charge in [-0.3, -0.25) is 9.69 Å². The molecule has 4 N–H and O–H groups in total. The zero-order chi connectivity index (χ0) is 20.8. The van der Waals surface area contributed by atoms with Crippen molar-refractivity contribution in [1.82, 2.24) is 4.98 Å². The molecule has 8 heteroatoms. The van der Waals surface area contributed by atoms with Crippen LogP contribution < -0.4 is 16.4 Å². The number of aromatic nitrogens is 1. The van der Waals surface area contributed by atoms with E-state index in [0.717, 1.165) is 5.56 Å². The molecule has 0 spiro atoms. The number of nitrogens with two attached hydrogens (primary N) is 2. The summed E-state index contributed by atoms with van der Waals surface area (Å²) in [6, 6.07) is 17.0. The minimum absolute atomic E-state index is 0.0346. The highest BCUT2D eigenvalue weighted by molar-refractivity contribution is 6.29. The third-order valence-electron chi connectivity index (χ3n) is 4.18. The van der Waals surface area contributed by atoms with Crippen molar-refractivity contribution in [3.63, 3.8) is 0 Å². The minimum Gasteiger partial charge on any atom is -0.444 e. The van der Waals surface area contributed by atoms with Gasteiger partial charge in [-0.2, -0.15) is 0 Å². The van der Waals surface area contributed by atoms with Crippen molar-refractivity contribution >= 4 is 35.0 Å². The molecule has 0 saturated heterocycles. The number of anilines is 2. The number of pyridine rings is 1. The fourth-order valence-electron chi connectivity index (χ4n) is 2.65. The van der Waals surface area contributed by atoms with Gasteiger partial charge in [0.25, 0.3) is 0 Å². The molecule has 0 aliphatic rings. The van der Waals surface area contributed by atoms with Crippen LogP contribution in [0.2, 0.25) is 5.15 Å². The number of benzene rings is 2. The van der Waals surface area contributed by atoms with E-state index < -0.39 is 12.0 Å². The van der Waals surface area contributed by atoms with Gasteiger partial charge < -0.3 is 16.2 Å². The van der Waals surface area contributed by atoms with Crippen molar-refractivity contribution in [2.45, 2.75) is 13.2 Å². The molecule has 29 heavy (non-hydrogen) atoms. The van der Waals surface area contributed by atoms with Crippen molar-refractivity contribution in [2.24, 2.45) is 5.73 Å². The third kappa shape index (κ3) is 5.24. The molecule has 0 bridgehead atoms. The Bertz CT molecular complexity index is 1010. The topological polar surface area (TPSA) is 112 Å². The highest BCUT2D eigenvalue weighted by Gasteiger charge is 2.20. The second kappa shape index (κ2) is 9.07. The summed E-state index contributed by atoms with van der Waals surface area (Å²) in [7, 11) is 0. The van der Waals surface area contributed by atoms with Crippen LogP contribution in [0.15, 0.2) is 66.9 Å². The van der Waals surface area contributed by atoms with Crippen molar-refractivity contribution in [2.75, 3.05) is 10.6 Å². The van der Waals surface area contributed by atoms with E-state index in [2.05, 4.69) is 4.98 Å². The Morgan fingerprint density at radius 1 is 1.00 bits per heavy atom. The SMILES string of the molecule is NC(=O)c1ccc(CN(C(=O)OCc2ccc(Cl)nc2)c2ccccc2N)cc1. The first-order valence-corrected chi connectivity index (χ1v) is 9.10. The van der Waals surface area contributed by atoms with Gasteiger partial charge in [-0.25, -0.2) is 9.78 Å². The second-order valence-electron chi connectivity index (χ2n) is 6.25. The Hall–Kier alpha value is -3.58. The number of carbonyl (C=O) groups is 2. The average molecular weight is 411 g/mol. The van der Waals surface area contributed by atoms with Gasteiger partial charge in [-0.1, -0.05) is 41.9 Å². The smallest absolute Gasteiger partial charge is 0.415 e. The number of ether oxygens (including phenoxy) is 1. The Morgan fingerprint density at radius 2 is 1.69 bits per heavy atom. The van der Waals surface area contributed by atoms with E-state index in [-0.39, 0.29) is 13.2 Å². The molecule has 1 heterocycles. The monoisotopic (exact) mass is 410 g/mol. The number of hydrogen-bond acceptors (Lipinski definition) is 5. The maximum absolute atomic E-state index is 12.8. The first-order chi connectivity index (χ1) is 13.9. The maximum atomic E-state index is 12.8.